The maximum absolute atomic E-state index is 11.0. The van der Waals surface area contributed by atoms with Crippen LogP contribution in [0, 0.1) is 0 Å². The molecule has 1 rings (SSSR count). The van der Waals surface area contributed by atoms with Gasteiger partial charge in [-0.1, -0.05) is 25.5 Å². The highest BCUT2D eigenvalue weighted by Crippen LogP contribution is 2.15. The zero-order chi connectivity index (χ0) is 12.0. The molecule has 0 aromatic heterocycles. The van der Waals surface area contributed by atoms with Crippen molar-refractivity contribution in [3.63, 3.8) is 0 Å². The van der Waals surface area contributed by atoms with E-state index >= 15 is 0 Å². The van der Waals surface area contributed by atoms with Crippen LogP contribution in [0.5, 0.6) is 5.75 Å². The van der Waals surface area contributed by atoms with E-state index in [9.17, 15) is 4.79 Å². The van der Waals surface area contributed by atoms with Crippen LogP contribution in [-0.2, 0) is 11.2 Å². The number of rotatable bonds is 6. The highest BCUT2D eigenvalue weighted by atomic mass is 16.5. The Labute approximate surface area is 97.6 Å². The third-order valence-corrected chi connectivity index (χ3v) is 2.63. The fourth-order valence-corrected chi connectivity index (χ4v) is 1.40. The lowest BCUT2D eigenvalue weighted by Gasteiger charge is -2.11. The number of unbranched alkanes of at least 4 members (excludes halogenated alkanes) is 1. The van der Waals surface area contributed by atoms with Gasteiger partial charge in [-0.25, -0.2) is 0 Å². The molecule has 0 N–H and O–H groups in total. The van der Waals surface area contributed by atoms with E-state index in [4.69, 9.17) is 4.74 Å². The molecule has 1 unspecified atom stereocenters. The molecule has 88 valence electrons. The van der Waals surface area contributed by atoms with Gasteiger partial charge >= 0.3 is 0 Å². The third-order valence-electron chi connectivity index (χ3n) is 2.63. The van der Waals surface area contributed by atoms with E-state index in [1.807, 2.05) is 12.1 Å². The summed E-state index contributed by atoms with van der Waals surface area (Å²) in [5.41, 5.74) is 1.32. The molecule has 1 aromatic rings. The first-order valence-corrected chi connectivity index (χ1v) is 5.89. The van der Waals surface area contributed by atoms with E-state index in [1.165, 1.54) is 18.4 Å². The van der Waals surface area contributed by atoms with Crippen molar-refractivity contribution in [2.75, 3.05) is 0 Å². The van der Waals surface area contributed by atoms with Crippen LogP contribution in [0.25, 0.3) is 0 Å². The number of Topliss-reactive ketones (excluding diaryl/α,β-unsaturated/α-hetero) is 1. The number of carbonyl (C=O) groups is 1. The smallest absolute Gasteiger partial charge is 0.169 e. The second-order valence-electron chi connectivity index (χ2n) is 4.12. The predicted octanol–water partition coefficient (Wildman–Crippen LogP) is 3.39. The Bertz CT molecular complexity index is 327. The standard InChI is InChI=1S/C14H20O2/c1-4-5-6-13-7-9-14(10-8-13)16-12(3)11(2)15/h7-10,12H,4-6H2,1-3H3. The Morgan fingerprint density at radius 3 is 2.44 bits per heavy atom. The molecule has 0 heterocycles. The molecule has 0 aliphatic heterocycles. The molecule has 0 saturated carbocycles. The van der Waals surface area contributed by atoms with Gasteiger partial charge in [-0.15, -0.1) is 0 Å². The number of aryl methyl sites for hydroxylation is 1. The quantitative estimate of drug-likeness (QED) is 0.734. The zero-order valence-corrected chi connectivity index (χ0v) is 10.3. The van der Waals surface area contributed by atoms with E-state index in [0.29, 0.717) is 0 Å². The number of ketones is 1. The highest BCUT2D eigenvalue weighted by Gasteiger charge is 2.08. The van der Waals surface area contributed by atoms with E-state index in [0.717, 1.165) is 12.2 Å². The molecular weight excluding hydrogens is 200 g/mol. The van der Waals surface area contributed by atoms with Gasteiger partial charge in [-0.2, -0.15) is 0 Å². The van der Waals surface area contributed by atoms with Crippen molar-refractivity contribution in [1.29, 1.82) is 0 Å². The fourth-order valence-electron chi connectivity index (χ4n) is 1.40. The summed E-state index contributed by atoms with van der Waals surface area (Å²) in [4.78, 5) is 11.0. The minimum absolute atomic E-state index is 0.0510. The molecule has 2 heteroatoms. The van der Waals surface area contributed by atoms with Crippen molar-refractivity contribution in [3.8, 4) is 5.75 Å². The van der Waals surface area contributed by atoms with Crippen LogP contribution in [0.3, 0.4) is 0 Å². The van der Waals surface area contributed by atoms with Crippen molar-refractivity contribution >= 4 is 5.78 Å². The largest absolute Gasteiger partial charge is 0.483 e. The van der Waals surface area contributed by atoms with Crippen LogP contribution < -0.4 is 4.74 Å². The second kappa shape index (κ2) is 6.31. The summed E-state index contributed by atoms with van der Waals surface area (Å²) in [5.74, 6) is 0.818. The van der Waals surface area contributed by atoms with Gasteiger partial charge in [0.05, 0.1) is 0 Å². The molecular formula is C14H20O2. The Hall–Kier alpha value is -1.31. The molecule has 2 nitrogen and oxygen atoms in total. The monoisotopic (exact) mass is 220 g/mol. The molecule has 0 fully saturated rings. The van der Waals surface area contributed by atoms with Crippen LogP contribution >= 0.6 is 0 Å². The number of hydrogen-bond donors (Lipinski definition) is 0. The number of carbonyl (C=O) groups excluding carboxylic acids is 1. The summed E-state index contributed by atoms with van der Waals surface area (Å²) in [6, 6.07) is 8.00. The minimum atomic E-state index is -0.360. The zero-order valence-electron chi connectivity index (χ0n) is 10.3. The molecule has 0 spiro atoms. The van der Waals surface area contributed by atoms with E-state index in [2.05, 4.69) is 19.1 Å². The Morgan fingerprint density at radius 2 is 1.94 bits per heavy atom. The first kappa shape index (κ1) is 12.8. The van der Waals surface area contributed by atoms with Gasteiger partial charge in [0.1, 0.15) is 5.75 Å². The third kappa shape index (κ3) is 4.05. The fraction of sp³-hybridized carbons (Fsp3) is 0.500. The van der Waals surface area contributed by atoms with E-state index in [-0.39, 0.29) is 11.9 Å². The first-order chi connectivity index (χ1) is 7.63. The topological polar surface area (TPSA) is 26.3 Å². The lowest BCUT2D eigenvalue weighted by atomic mass is 10.1. The molecule has 16 heavy (non-hydrogen) atoms. The van der Waals surface area contributed by atoms with Crippen molar-refractivity contribution < 1.29 is 9.53 Å². The molecule has 0 aliphatic rings. The summed E-state index contributed by atoms with van der Waals surface area (Å²) in [5, 5.41) is 0. The van der Waals surface area contributed by atoms with Gasteiger partial charge < -0.3 is 4.74 Å². The summed E-state index contributed by atoms with van der Waals surface area (Å²) in [6.07, 6.45) is 3.17. The summed E-state index contributed by atoms with van der Waals surface area (Å²) < 4.78 is 5.49. The van der Waals surface area contributed by atoms with Crippen molar-refractivity contribution in [2.45, 2.75) is 46.1 Å². The van der Waals surface area contributed by atoms with Gasteiger partial charge in [0.2, 0.25) is 0 Å². The minimum Gasteiger partial charge on any atom is -0.483 e. The second-order valence-corrected chi connectivity index (χ2v) is 4.12. The van der Waals surface area contributed by atoms with E-state index in [1.54, 1.807) is 13.8 Å². The van der Waals surface area contributed by atoms with Crippen LogP contribution in [0.2, 0.25) is 0 Å². The Morgan fingerprint density at radius 1 is 1.31 bits per heavy atom. The average molecular weight is 220 g/mol. The van der Waals surface area contributed by atoms with Crippen molar-refractivity contribution in [1.82, 2.24) is 0 Å². The van der Waals surface area contributed by atoms with Crippen LogP contribution in [-0.4, -0.2) is 11.9 Å². The number of benzene rings is 1. The normalized spacial score (nSPS) is 12.2. The van der Waals surface area contributed by atoms with Gasteiger partial charge in [0.25, 0.3) is 0 Å². The van der Waals surface area contributed by atoms with Crippen LogP contribution in [0.4, 0.5) is 0 Å². The summed E-state index contributed by atoms with van der Waals surface area (Å²) >= 11 is 0. The molecule has 0 aliphatic carbocycles. The van der Waals surface area contributed by atoms with Crippen molar-refractivity contribution in [3.05, 3.63) is 29.8 Å². The average Bonchev–Trinajstić information content (AvgIpc) is 2.28. The number of hydrogen-bond acceptors (Lipinski definition) is 2. The van der Waals surface area contributed by atoms with Gasteiger partial charge in [-0.05, 0) is 44.4 Å². The van der Waals surface area contributed by atoms with E-state index < -0.39 is 0 Å². The lowest BCUT2D eigenvalue weighted by Crippen LogP contribution is -2.20. The lowest BCUT2D eigenvalue weighted by molar-refractivity contribution is -0.122. The van der Waals surface area contributed by atoms with Gasteiger partial charge in [-0.3, -0.25) is 4.79 Å². The predicted molar refractivity (Wildman–Crippen MR) is 65.8 cm³/mol. The Balaban J connectivity index is 2.54. The maximum Gasteiger partial charge on any atom is 0.169 e. The molecule has 0 saturated heterocycles. The SMILES string of the molecule is CCCCc1ccc(OC(C)C(C)=O)cc1. The maximum atomic E-state index is 11.0. The van der Waals surface area contributed by atoms with Gasteiger partial charge in [0, 0.05) is 0 Å². The number of ether oxygens (including phenoxy) is 1. The molecule has 0 radical (unpaired) electrons. The molecule has 0 bridgehead atoms. The van der Waals surface area contributed by atoms with Crippen LogP contribution in [0.1, 0.15) is 39.2 Å². The molecule has 1 aromatic carbocycles. The van der Waals surface area contributed by atoms with Crippen LogP contribution in [0.15, 0.2) is 24.3 Å². The molecule has 1 atom stereocenters. The van der Waals surface area contributed by atoms with Gasteiger partial charge in [0.15, 0.2) is 11.9 Å². The summed E-state index contributed by atoms with van der Waals surface area (Å²) in [6.45, 7) is 5.50. The highest BCUT2D eigenvalue weighted by molar-refractivity contribution is 5.80. The van der Waals surface area contributed by atoms with Crippen molar-refractivity contribution in [2.24, 2.45) is 0 Å². The first-order valence-electron chi connectivity index (χ1n) is 5.89. The summed E-state index contributed by atoms with van der Waals surface area (Å²) in [7, 11) is 0. The molecule has 0 amide bonds. The Kier molecular flexibility index (Phi) is 5.03.